The van der Waals surface area contributed by atoms with E-state index in [0.29, 0.717) is 13.0 Å². The third-order valence-corrected chi connectivity index (χ3v) is 4.88. The van der Waals surface area contributed by atoms with E-state index in [-0.39, 0.29) is 11.3 Å². The zero-order chi connectivity index (χ0) is 16.7. The van der Waals surface area contributed by atoms with Gasteiger partial charge in [0.25, 0.3) is 0 Å². The molecule has 0 unspecified atom stereocenters. The van der Waals surface area contributed by atoms with Crippen molar-refractivity contribution >= 4 is 5.91 Å². The number of carbonyl (C=O) groups excluding carboxylic acids is 1. The Labute approximate surface area is 144 Å². The fraction of sp³-hybridized carbons (Fsp3) is 0.381. The lowest BCUT2D eigenvalue weighted by Crippen LogP contribution is -2.45. The van der Waals surface area contributed by atoms with Gasteiger partial charge in [-0.2, -0.15) is 0 Å². The average molecular weight is 323 g/mol. The summed E-state index contributed by atoms with van der Waals surface area (Å²) in [5, 5.41) is 3.13. The highest BCUT2D eigenvalue weighted by atomic mass is 16.5. The molecule has 2 aromatic rings. The second-order valence-electron chi connectivity index (χ2n) is 6.54. The number of benzene rings is 2. The molecule has 1 N–H and O–H groups in total. The lowest BCUT2D eigenvalue weighted by Gasteiger charge is -2.42. The lowest BCUT2D eigenvalue weighted by molar-refractivity contribution is -0.121. The first kappa shape index (κ1) is 16.6. The molecule has 0 heterocycles. The van der Waals surface area contributed by atoms with E-state index in [4.69, 9.17) is 4.74 Å². The summed E-state index contributed by atoms with van der Waals surface area (Å²) >= 11 is 0. The first-order valence-corrected chi connectivity index (χ1v) is 8.79. The molecule has 0 spiro atoms. The number of rotatable bonds is 8. The normalized spacial score (nSPS) is 15.3. The largest absolute Gasteiger partial charge is 0.494 e. The average Bonchev–Trinajstić information content (AvgIpc) is 2.60. The Morgan fingerprint density at radius 1 is 1.00 bits per heavy atom. The van der Waals surface area contributed by atoms with Crippen LogP contribution in [0.3, 0.4) is 0 Å². The van der Waals surface area contributed by atoms with E-state index in [1.54, 1.807) is 0 Å². The highest BCUT2D eigenvalue weighted by Crippen LogP contribution is 2.43. The van der Waals surface area contributed by atoms with Gasteiger partial charge in [0.2, 0.25) is 5.91 Å². The molecule has 0 aromatic heterocycles. The molecule has 0 atom stereocenters. The molecule has 1 saturated carbocycles. The Hall–Kier alpha value is -2.29. The van der Waals surface area contributed by atoms with Crippen LogP contribution in [0.1, 0.15) is 37.7 Å². The molecule has 1 amide bonds. The monoisotopic (exact) mass is 323 g/mol. The van der Waals surface area contributed by atoms with Gasteiger partial charge < -0.3 is 10.1 Å². The fourth-order valence-electron chi connectivity index (χ4n) is 3.26. The quantitative estimate of drug-likeness (QED) is 0.743. The first-order chi connectivity index (χ1) is 11.8. The van der Waals surface area contributed by atoms with E-state index in [9.17, 15) is 4.79 Å². The van der Waals surface area contributed by atoms with Gasteiger partial charge in [0.15, 0.2) is 0 Å². The number of hydrogen-bond acceptors (Lipinski definition) is 2. The zero-order valence-electron chi connectivity index (χ0n) is 14.0. The van der Waals surface area contributed by atoms with Crippen molar-refractivity contribution in [3.05, 3.63) is 66.2 Å². The molecule has 3 heteroatoms. The van der Waals surface area contributed by atoms with Crippen LogP contribution in [0.4, 0.5) is 0 Å². The molecule has 3 rings (SSSR count). The minimum Gasteiger partial charge on any atom is -0.494 e. The smallest absolute Gasteiger partial charge is 0.220 e. The van der Waals surface area contributed by atoms with Gasteiger partial charge in [-0.05, 0) is 37.0 Å². The number of amides is 1. The van der Waals surface area contributed by atoms with Gasteiger partial charge in [0.05, 0.1) is 6.61 Å². The maximum absolute atomic E-state index is 12.1. The lowest BCUT2D eigenvalue weighted by atomic mass is 9.64. The first-order valence-electron chi connectivity index (χ1n) is 8.79. The minimum atomic E-state index is 0.119. The molecule has 3 nitrogen and oxygen atoms in total. The summed E-state index contributed by atoms with van der Waals surface area (Å²) in [4.78, 5) is 12.1. The van der Waals surface area contributed by atoms with Gasteiger partial charge in [0, 0.05) is 18.4 Å². The van der Waals surface area contributed by atoms with E-state index in [2.05, 4.69) is 29.6 Å². The van der Waals surface area contributed by atoms with Crippen molar-refractivity contribution in [3.8, 4) is 5.75 Å². The van der Waals surface area contributed by atoms with Gasteiger partial charge in [0.1, 0.15) is 5.75 Å². The predicted molar refractivity (Wildman–Crippen MR) is 96.2 cm³/mol. The summed E-state index contributed by atoms with van der Waals surface area (Å²) in [6.07, 6.45) is 4.81. The Morgan fingerprint density at radius 2 is 1.67 bits per heavy atom. The SMILES string of the molecule is O=C(CCCOc1ccccc1)NCC1(c2ccccc2)CCC1. The van der Waals surface area contributed by atoms with Gasteiger partial charge >= 0.3 is 0 Å². The second-order valence-corrected chi connectivity index (χ2v) is 6.54. The predicted octanol–water partition coefficient (Wildman–Crippen LogP) is 4.08. The van der Waals surface area contributed by atoms with Crippen molar-refractivity contribution in [1.82, 2.24) is 5.32 Å². The summed E-state index contributed by atoms with van der Waals surface area (Å²) in [6.45, 7) is 1.32. The van der Waals surface area contributed by atoms with Gasteiger partial charge in [-0.15, -0.1) is 0 Å². The van der Waals surface area contributed by atoms with Crippen molar-refractivity contribution in [2.75, 3.05) is 13.2 Å². The molecule has 24 heavy (non-hydrogen) atoms. The molecule has 0 bridgehead atoms. The van der Waals surface area contributed by atoms with Crippen molar-refractivity contribution in [2.45, 2.75) is 37.5 Å². The third-order valence-electron chi connectivity index (χ3n) is 4.88. The molecule has 2 aromatic carbocycles. The Morgan fingerprint density at radius 3 is 2.29 bits per heavy atom. The number of hydrogen-bond donors (Lipinski definition) is 1. The van der Waals surface area contributed by atoms with Crippen LogP contribution >= 0.6 is 0 Å². The van der Waals surface area contributed by atoms with Crippen LogP contribution in [0.25, 0.3) is 0 Å². The molecular weight excluding hydrogens is 298 g/mol. The second kappa shape index (κ2) is 8.00. The van der Waals surface area contributed by atoms with E-state index in [0.717, 1.165) is 31.6 Å². The van der Waals surface area contributed by atoms with E-state index >= 15 is 0 Å². The fourth-order valence-corrected chi connectivity index (χ4v) is 3.26. The molecule has 0 saturated heterocycles. The summed E-state index contributed by atoms with van der Waals surface area (Å²) < 4.78 is 5.62. The van der Waals surface area contributed by atoms with Crippen molar-refractivity contribution in [1.29, 1.82) is 0 Å². The number of ether oxygens (including phenoxy) is 1. The van der Waals surface area contributed by atoms with Crippen LogP contribution in [-0.4, -0.2) is 19.1 Å². The molecular formula is C21H25NO2. The van der Waals surface area contributed by atoms with Crippen molar-refractivity contribution in [2.24, 2.45) is 0 Å². The molecule has 1 aliphatic carbocycles. The summed E-state index contributed by atoms with van der Waals surface area (Å²) in [7, 11) is 0. The zero-order valence-corrected chi connectivity index (χ0v) is 14.0. The summed E-state index contributed by atoms with van der Waals surface area (Å²) in [6, 6.07) is 20.3. The van der Waals surface area contributed by atoms with Gasteiger partial charge in [-0.25, -0.2) is 0 Å². The summed E-state index contributed by atoms with van der Waals surface area (Å²) in [5.41, 5.74) is 1.50. The van der Waals surface area contributed by atoms with Crippen molar-refractivity contribution < 1.29 is 9.53 Å². The van der Waals surface area contributed by atoms with Crippen LogP contribution in [-0.2, 0) is 10.2 Å². The summed E-state index contributed by atoms with van der Waals surface area (Å²) in [5.74, 6) is 0.976. The molecule has 1 fully saturated rings. The number of nitrogens with one attached hydrogen (secondary N) is 1. The Balaban J connectivity index is 1.39. The standard InChI is InChI=1S/C21H25NO2/c23-20(13-7-16-24-19-11-5-2-6-12-19)22-17-21(14-8-15-21)18-9-3-1-4-10-18/h1-6,9-12H,7-8,13-17H2,(H,22,23). The highest BCUT2D eigenvalue weighted by molar-refractivity contribution is 5.76. The third kappa shape index (κ3) is 4.16. The topological polar surface area (TPSA) is 38.3 Å². The van der Waals surface area contributed by atoms with Gasteiger partial charge in [-0.1, -0.05) is 55.0 Å². The van der Waals surface area contributed by atoms with Crippen molar-refractivity contribution in [3.63, 3.8) is 0 Å². The number of para-hydroxylation sites is 1. The molecule has 0 aliphatic heterocycles. The maximum atomic E-state index is 12.1. The minimum absolute atomic E-state index is 0.119. The maximum Gasteiger partial charge on any atom is 0.220 e. The van der Waals surface area contributed by atoms with Crippen LogP contribution in [0.5, 0.6) is 5.75 Å². The van der Waals surface area contributed by atoms with Crippen LogP contribution in [0.15, 0.2) is 60.7 Å². The van der Waals surface area contributed by atoms with Gasteiger partial charge in [-0.3, -0.25) is 4.79 Å². The molecule has 126 valence electrons. The molecule has 1 aliphatic rings. The van der Waals surface area contributed by atoms with E-state index < -0.39 is 0 Å². The van der Waals surface area contributed by atoms with Crippen LogP contribution in [0.2, 0.25) is 0 Å². The highest BCUT2D eigenvalue weighted by Gasteiger charge is 2.38. The van der Waals surface area contributed by atoms with Crippen LogP contribution in [0, 0.1) is 0 Å². The van der Waals surface area contributed by atoms with Crippen LogP contribution < -0.4 is 10.1 Å². The Bertz CT molecular complexity index is 635. The van der Waals surface area contributed by atoms with E-state index in [1.807, 2.05) is 36.4 Å². The molecule has 0 radical (unpaired) electrons. The number of carbonyl (C=O) groups is 1. The Kier molecular flexibility index (Phi) is 5.52. The van der Waals surface area contributed by atoms with E-state index in [1.165, 1.54) is 12.0 Å².